The van der Waals surface area contributed by atoms with Gasteiger partial charge in [0.15, 0.2) is 0 Å². The molecule has 0 atom stereocenters. The van der Waals surface area contributed by atoms with E-state index in [1.165, 1.54) is 0 Å². The molecule has 0 aliphatic heterocycles. The molecule has 2 aromatic rings. The molecule has 0 heterocycles. The van der Waals surface area contributed by atoms with Crippen molar-refractivity contribution < 1.29 is 27.8 Å². The number of hydrogen-bond donors (Lipinski definition) is 0. The van der Waals surface area contributed by atoms with Crippen molar-refractivity contribution in [2.24, 2.45) is 0 Å². The highest BCUT2D eigenvalue weighted by molar-refractivity contribution is 5.54. The van der Waals surface area contributed by atoms with Gasteiger partial charge in [-0.3, -0.25) is 20.2 Å². The molecule has 0 fully saturated rings. The molecule has 0 unspecified atom stereocenters. The van der Waals surface area contributed by atoms with E-state index in [0.717, 1.165) is 36.4 Å². The molecular formula is C13H7F3N2O5. The van der Waals surface area contributed by atoms with Gasteiger partial charge in [0.1, 0.15) is 5.75 Å². The second kappa shape index (κ2) is 5.91. The average molecular weight is 328 g/mol. The van der Waals surface area contributed by atoms with Crippen LogP contribution >= 0.6 is 0 Å². The number of alkyl halides is 3. The number of non-ortho nitro benzene ring substituents is 1. The average Bonchev–Trinajstić information content (AvgIpc) is 2.46. The Hall–Kier alpha value is -3.17. The summed E-state index contributed by atoms with van der Waals surface area (Å²) in [6.07, 6.45) is -4.52. The Morgan fingerprint density at radius 2 is 1.52 bits per heavy atom. The topological polar surface area (TPSA) is 95.5 Å². The van der Waals surface area contributed by atoms with Gasteiger partial charge in [0.25, 0.3) is 5.69 Å². The van der Waals surface area contributed by atoms with Crippen LogP contribution in [0.25, 0.3) is 0 Å². The lowest BCUT2D eigenvalue weighted by Gasteiger charge is -2.09. The van der Waals surface area contributed by atoms with E-state index in [4.69, 9.17) is 4.74 Å². The smallest absolute Gasteiger partial charge is 0.416 e. The van der Waals surface area contributed by atoms with Gasteiger partial charge in [-0.2, -0.15) is 13.2 Å². The number of ether oxygens (including phenoxy) is 1. The Bertz CT molecular complexity index is 759. The summed E-state index contributed by atoms with van der Waals surface area (Å²) in [5, 5.41) is 21.5. The summed E-state index contributed by atoms with van der Waals surface area (Å²) in [5.41, 5.74) is -2.07. The first kappa shape index (κ1) is 16.2. The Morgan fingerprint density at radius 3 is 2.00 bits per heavy atom. The van der Waals surface area contributed by atoms with Crippen LogP contribution in [0.3, 0.4) is 0 Å². The van der Waals surface area contributed by atoms with Crippen molar-refractivity contribution in [1.29, 1.82) is 0 Å². The third-order valence-electron chi connectivity index (χ3n) is 2.76. The van der Waals surface area contributed by atoms with Gasteiger partial charge >= 0.3 is 11.9 Å². The highest BCUT2D eigenvalue weighted by Crippen LogP contribution is 2.35. The number of nitrogens with zero attached hydrogens (tertiary/aromatic N) is 2. The maximum Gasteiger partial charge on any atom is 0.416 e. The summed E-state index contributed by atoms with van der Waals surface area (Å²) in [6.45, 7) is 0. The Labute approximate surface area is 126 Å². The first-order valence-corrected chi connectivity index (χ1v) is 5.96. The SMILES string of the molecule is O=[N+]([O-])c1ccc(Oc2ccc(C(F)(F)F)cc2)c([N+](=O)[O-])c1. The minimum Gasteiger partial charge on any atom is -0.450 e. The van der Waals surface area contributed by atoms with E-state index in [-0.39, 0.29) is 11.5 Å². The van der Waals surface area contributed by atoms with Crippen LogP contribution in [0.4, 0.5) is 24.5 Å². The number of hydrogen-bond acceptors (Lipinski definition) is 5. The summed E-state index contributed by atoms with van der Waals surface area (Å²) in [5.74, 6) is -0.393. The van der Waals surface area contributed by atoms with Crippen LogP contribution in [0, 0.1) is 20.2 Å². The predicted octanol–water partition coefficient (Wildman–Crippen LogP) is 4.31. The Balaban J connectivity index is 2.32. The molecule has 23 heavy (non-hydrogen) atoms. The molecule has 0 aliphatic carbocycles. The van der Waals surface area contributed by atoms with Gasteiger partial charge in [-0.15, -0.1) is 0 Å². The zero-order valence-electron chi connectivity index (χ0n) is 11.1. The second-order valence-corrected chi connectivity index (χ2v) is 4.29. The highest BCUT2D eigenvalue weighted by Gasteiger charge is 2.30. The van der Waals surface area contributed by atoms with Gasteiger partial charge in [0.05, 0.1) is 21.5 Å². The van der Waals surface area contributed by atoms with Crippen molar-refractivity contribution >= 4 is 11.4 Å². The number of benzene rings is 2. The van der Waals surface area contributed by atoms with Crippen molar-refractivity contribution in [3.05, 3.63) is 68.3 Å². The van der Waals surface area contributed by atoms with Crippen LogP contribution in [-0.2, 0) is 6.18 Å². The predicted molar refractivity (Wildman–Crippen MR) is 71.3 cm³/mol. The van der Waals surface area contributed by atoms with Crippen molar-refractivity contribution in [2.75, 3.05) is 0 Å². The van der Waals surface area contributed by atoms with E-state index in [1.54, 1.807) is 0 Å². The summed E-state index contributed by atoms with van der Waals surface area (Å²) in [6, 6.07) is 6.21. The van der Waals surface area contributed by atoms with Crippen molar-refractivity contribution in [1.82, 2.24) is 0 Å². The number of nitro groups is 2. The fourth-order valence-electron chi connectivity index (χ4n) is 1.69. The van der Waals surface area contributed by atoms with Crippen LogP contribution in [0.5, 0.6) is 11.5 Å². The molecular weight excluding hydrogens is 321 g/mol. The fraction of sp³-hybridized carbons (Fsp3) is 0.0769. The van der Waals surface area contributed by atoms with E-state index < -0.39 is 33.0 Å². The minimum atomic E-state index is -4.52. The summed E-state index contributed by atoms with van der Waals surface area (Å²) in [4.78, 5) is 19.8. The summed E-state index contributed by atoms with van der Waals surface area (Å²) >= 11 is 0. The van der Waals surface area contributed by atoms with Crippen LogP contribution in [0.2, 0.25) is 0 Å². The maximum absolute atomic E-state index is 12.4. The van der Waals surface area contributed by atoms with E-state index >= 15 is 0 Å². The van der Waals surface area contributed by atoms with Gasteiger partial charge in [-0.1, -0.05) is 0 Å². The van der Waals surface area contributed by atoms with Gasteiger partial charge in [0.2, 0.25) is 5.75 Å². The van der Waals surface area contributed by atoms with Crippen molar-refractivity contribution in [3.63, 3.8) is 0 Å². The third kappa shape index (κ3) is 3.73. The van der Waals surface area contributed by atoms with Crippen molar-refractivity contribution in [3.8, 4) is 11.5 Å². The van der Waals surface area contributed by atoms with Gasteiger partial charge < -0.3 is 4.74 Å². The monoisotopic (exact) mass is 328 g/mol. The van der Waals surface area contributed by atoms with Gasteiger partial charge in [-0.05, 0) is 30.3 Å². The molecule has 10 heteroatoms. The molecule has 0 aliphatic rings. The lowest BCUT2D eigenvalue weighted by molar-refractivity contribution is -0.394. The van der Waals surface area contributed by atoms with Crippen LogP contribution < -0.4 is 4.74 Å². The van der Waals surface area contributed by atoms with Crippen molar-refractivity contribution in [2.45, 2.75) is 6.18 Å². The largest absolute Gasteiger partial charge is 0.450 e. The third-order valence-corrected chi connectivity index (χ3v) is 2.76. The molecule has 120 valence electrons. The van der Waals surface area contributed by atoms with E-state index in [9.17, 15) is 33.4 Å². The quantitative estimate of drug-likeness (QED) is 0.615. The Kier molecular flexibility index (Phi) is 4.16. The molecule has 0 aromatic heterocycles. The molecule has 0 amide bonds. The standard InChI is InChI=1S/C13H7F3N2O5/c14-13(15,16)8-1-4-10(5-2-8)23-12-6-3-9(17(19)20)7-11(12)18(21)22/h1-7H. The number of nitro benzene ring substituents is 2. The molecule has 2 aromatic carbocycles. The molecule has 7 nitrogen and oxygen atoms in total. The molecule has 0 radical (unpaired) electrons. The Morgan fingerprint density at radius 1 is 0.913 bits per heavy atom. The molecule has 0 N–H and O–H groups in total. The molecule has 0 saturated carbocycles. The molecule has 0 spiro atoms. The summed E-state index contributed by atoms with van der Waals surface area (Å²) in [7, 11) is 0. The molecule has 0 bridgehead atoms. The number of halogens is 3. The zero-order valence-corrected chi connectivity index (χ0v) is 11.1. The van der Waals surface area contributed by atoms with Gasteiger partial charge in [-0.25, -0.2) is 0 Å². The van der Waals surface area contributed by atoms with E-state index in [0.29, 0.717) is 6.07 Å². The lowest BCUT2D eigenvalue weighted by Crippen LogP contribution is -2.04. The summed E-state index contributed by atoms with van der Waals surface area (Å²) < 4.78 is 42.5. The van der Waals surface area contributed by atoms with Crippen LogP contribution in [0.15, 0.2) is 42.5 Å². The minimum absolute atomic E-state index is 0.0741. The van der Waals surface area contributed by atoms with Crippen LogP contribution in [-0.4, -0.2) is 9.85 Å². The van der Waals surface area contributed by atoms with E-state index in [1.807, 2.05) is 0 Å². The first-order valence-electron chi connectivity index (χ1n) is 5.96. The molecule has 2 rings (SSSR count). The second-order valence-electron chi connectivity index (χ2n) is 4.29. The first-order chi connectivity index (χ1) is 10.7. The lowest BCUT2D eigenvalue weighted by atomic mass is 10.2. The highest BCUT2D eigenvalue weighted by atomic mass is 19.4. The molecule has 0 saturated heterocycles. The number of rotatable bonds is 4. The normalized spacial score (nSPS) is 11.1. The van der Waals surface area contributed by atoms with E-state index in [2.05, 4.69) is 0 Å². The fourth-order valence-corrected chi connectivity index (χ4v) is 1.69. The van der Waals surface area contributed by atoms with Crippen LogP contribution in [0.1, 0.15) is 5.56 Å². The maximum atomic E-state index is 12.4. The van der Waals surface area contributed by atoms with Gasteiger partial charge in [0, 0.05) is 6.07 Å². The zero-order chi connectivity index (χ0) is 17.2.